The summed E-state index contributed by atoms with van der Waals surface area (Å²) < 4.78 is 1.93. The SMILES string of the molecule is C=CCn1c(SCC(=O)Nc2cc(Cl)ccc2C#N)nnc1-c1ccc(C(C)(C)C)cc1. The fraction of sp³-hybridized carbons (Fsp3) is 0.250. The highest BCUT2D eigenvalue weighted by atomic mass is 35.5. The van der Waals surface area contributed by atoms with Crippen LogP contribution in [-0.2, 0) is 16.8 Å². The Bertz CT molecular complexity index is 1170. The molecule has 0 fully saturated rings. The first kappa shape index (κ1) is 23.6. The van der Waals surface area contributed by atoms with Crippen molar-refractivity contribution in [3.8, 4) is 17.5 Å². The normalized spacial score (nSPS) is 11.1. The number of carbonyl (C=O) groups excluding carboxylic acids is 1. The Morgan fingerprint density at radius 2 is 1.97 bits per heavy atom. The lowest BCUT2D eigenvalue weighted by molar-refractivity contribution is -0.113. The number of anilines is 1. The van der Waals surface area contributed by atoms with Gasteiger partial charge in [-0.25, -0.2) is 0 Å². The van der Waals surface area contributed by atoms with Gasteiger partial charge in [0.05, 0.1) is 17.0 Å². The van der Waals surface area contributed by atoms with Crippen molar-refractivity contribution in [2.45, 2.75) is 37.9 Å². The summed E-state index contributed by atoms with van der Waals surface area (Å²) in [5.74, 6) is 0.559. The van der Waals surface area contributed by atoms with Crippen LogP contribution in [0.1, 0.15) is 31.9 Å². The van der Waals surface area contributed by atoms with E-state index >= 15 is 0 Å². The van der Waals surface area contributed by atoms with Crippen molar-refractivity contribution in [3.63, 3.8) is 0 Å². The fourth-order valence-corrected chi connectivity index (χ4v) is 3.98. The van der Waals surface area contributed by atoms with Gasteiger partial charge in [0.15, 0.2) is 11.0 Å². The predicted molar refractivity (Wildman–Crippen MR) is 130 cm³/mol. The highest BCUT2D eigenvalue weighted by Crippen LogP contribution is 2.28. The quantitative estimate of drug-likeness (QED) is 0.358. The molecular formula is C24H24ClN5OS. The minimum atomic E-state index is -0.266. The second-order valence-electron chi connectivity index (χ2n) is 8.17. The number of nitrogens with zero attached hydrogens (tertiary/aromatic N) is 4. The second-order valence-corrected chi connectivity index (χ2v) is 9.55. The molecule has 8 heteroatoms. The maximum Gasteiger partial charge on any atom is 0.234 e. The summed E-state index contributed by atoms with van der Waals surface area (Å²) in [7, 11) is 0. The average molecular weight is 466 g/mol. The first-order valence-electron chi connectivity index (χ1n) is 10.00. The minimum Gasteiger partial charge on any atom is -0.324 e. The lowest BCUT2D eigenvalue weighted by Crippen LogP contribution is -2.15. The number of nitrogens with one attached hydrogen (secondary N) is 1. The van der Waals surface area contributed by atoms with Crippen molar-refractivity contribution in [3.05, 3.63) is 71.3 Å². The first-order valence-corrected chi connectivity index (χ1v) is 11.4. The molecular weight excluding hydrogens is 442 g/mol. The summed E-state index contributed by atoms with van der Waals surface area (Å²) in [6, 6.07) is 15.1. The number of amides is 1. The smallest absolute Gasteiger partial charge is 0.234 e. The number of carbonyl (C=O) groups is 1. The molecule has 0 bridgehead atoms. The summed E-state index contributed by atoms with van der Waals surface area (Å²) in [5, 5.41) is 21.6. The van der Waals surface area contributed by atoms with Crippen LogP contribution in [0.4, 0.5) is 5.69 Å². The molecule has 3 aromatic rings. The number of hydrogen-bond acceptors (Lipinski definition) is 5. The largest absolute Gasteiger partial charge is 0.324 e. The van der Waals surface area contributed by atoms with Gasteiger partial charge in [-0.05, 0) is 29.2 Å². The Morgan fingerprint density at radius 1 is 1.25 bits per heavy atom. The van der Waals surface area contributed by atoms with E-state index < -0.39 is 0 Å². The molecule has 1 N–H and O–H groups in total. The van der Waals surface area contributed by atoms with Gasteiger partial charge < -0.3 is 5.32 Å². The number of rotatable bonds is 7. The second kappa shape index (κ2) is 10.0. The Labute approximate surface area is 197 Å². The molecule has 164 valence electrons. The zero-order chi connectivity index (χ0) is 23.3. The van der Waals surface area contributed by atoms with Crippen LogP contribution in [0.25, 0.3) is 11.4 Å². The highest BCUT2D eigenvalue weighted by molar-refractivity contribution is 7.99. The molecule has 0 radical (unpaired) electrons. The van der Waals surface area contributed by atoms with Crippen molar-refractivity contribution >= 4 is 35.0 Å². The lowest BCUT2D eigenvalue weighted by atomic mass is 9.87. The van der Waals surface area contributed by atoms with Crippen LogP contribution < -0.4 is 5.32 Å². The summed E-state index contributed by atoms with van der Waals surface area (Å²) in [6.45, 7) is 10.9. The maximum atomic E-state index is 12.5. The Kier molecular flexibility index (Phi) is 7.39. The predicted octanol–water partition coefficient (Wildman–Crippen LogP) is 5.68. The van der Waals surface area contributed by atoms with Gasteiger partial charge in [0.2, 0.25) is 5.91 Å². The van der Waals surface area contributed by atoms with Crippen LogP contribution in [0, 0.1) is 11.3 Å². The zero-order valence-corrected chi connectivity index (χ0v) is 19.8. The number of nitriles is 1. The molecule has 32 heavy (non-hydrogen) atoms. The van der Waals surface area contributed by atoms with Crippen molar-refractivity contribution in [2.24, 2.45) is 0 Å². The first-order chi connectivity index (χ1) is 15.2. The van der Waals surface area contributed by atoms with E-state index in [9.17, 15) is 10.1 Å². The Hall–Kier alpha value is -3.08. The van der Waals surface area contributed by atoms with Crippen molar-refractivity contribution in [2.75, 3.05) is 11.1 Å². The molecule has 0 atom stereocenters. The lowest BCUT2D eigenvalue weighted by Gasteiger charge is -2.19. The van der Waals surface area contributed by atoms with Gasteiger partial charge in [0.1, 0.15) is 6.07 Å². The summed E-state index contributed by atoms with van der Waals surface area (Å²) in [5.41, 5.74) is 2.98. The van der Waals surface area contributed by atoms with E-state index in [0.717, 1.165) is 11.4 Å². The third kappa shape index (κ3) is 5.58. The number of hydrogen-bond donors (Lipinski definition) is 1. The van der Waals surface area contributed by atoms with E-state index in [-0.39, 0.29) is 17.1 Å². The molecule has 0 spiro atoms. The number of halogens is 1. The van der Waals surface area contributed by atoms with Crippen LogP contribution in [0.15, 0.2) is 60.3 Å². The molecule has 0 saturated heterocycles. The third-order valence-corrected chi connectivity index (χ3v) is 5.95. The van der Waals surface area contributed by atoms with E-state index in [1.54, 1.807) is 24.3 Å². The van der Waals surface area contributed by atoms with E-state index in [4.69, 9.17) is 11.6 Å². The number of aromatic nitrogens is 3. The van der Waals surface area contributed by atoms with Crippen molar-refractivity contribution in [1.82, 2.24) is 14.8 Å². The molecule has 1 aromatic heterocycles. The fourth-order valence-electron chi connectivity index (χ4n) is 3.06. The van der Waals surface area contributed by atoms with E-state index in [2.05, 4.69) is 55.0 Å². The molecule has 6 nitrogen and oxygen atoms in total. The van der Waals surface area contributed by atoms with Gasteiger partial charge >= 0.3 is 0 Å². The van der Waals surface area contributed by atoms with Gasteiger partial charge in [0.25, 0.3) is 0 Å². The summed E-state index contributed by atoms with van der Waals surface area (Å²) in [4.78, 5) is 12.5. The molecule has 0 aliphatic carbocycles. The molecule has 0 unspecified atom stereocenters. The topological polar surface area (TPSA) is 83.6 Å². The zero-order valence-electron chi connectivity index (χ0n) is 18.2. The van der Waals surface area contributed by atoms with Gasteiger partial charge in [-0.3, -0.25) is 9.36 Å². The van der Waals surface area contributed by atoms with E-state index in [1.165, 1.54) is 17.3 Å². The van der Waals surface area contributed by atoms with Crippen LogP contribution in [0.3, 0.4) is 0 Å². The van der Waals surface area contributed by atoms with Crippen molar-refractivity contribution < 1.29 is 4.79 Å². The number of allylic oxidation sites excluding steroid dienone is 1. The maximum absolute atomic E-state index is 12.5. The van der Waals surface area contributed by atoms with Crippen LogP contribution >= 0.6 is 23.4 Å². The molecule has 0 aliphatic heterocycles. The van der Waals surface area contributed by atoms with Crippen LogP contribution in [0.5, 0.6) is 0 Å². The highest BCUT2D eigenvalue weighted by Gasteiger charge is 2.17. The van der Waals surface area contributed by atoms with Crippen LogP contribution in [-0.4, -0.2) is 26.4 Å². The molecule has 0 saturated carbocycles. The van der Waals surface area contributed by atoms with Gasteiger partial charge in [-0.15, -0.1) is 16.8 Å². The van der Waals surface area contributed by atoms with Gasteiger partial charge in [-0.2, -0.15) is 5.26 Å². The molecule has 1 heterocycles. The number of thioether (sulfide) groups is 1. The summed E-state index contributed by atoms with van der Waals surface area (Å²) in [6.07, 6.45) is 1.77. The average Bonchev–Trinajstić information content (AvgIpc) is 3.15. The molecule has 3 rings (SSSR count). The molecule has 1 amide bonds. The minimum absolute atomic E-state index is 0.0656. The Morgan fingerprint density at radius 3 is 2.59 bits per heavy atom. The molecule has 2 aromatic carbocycles. The van der Waals surface area contributed by atoms with E-state index in [1.807, 2.05) is 22.8 Å². The van der Waals surface area contributed by atoms with Gasteiger partial charge in [-0.1, -0.05) is 74.5 Å². The summed E-state index contributed by atoms with van der Waals surface area (Å²) >= 11 is 7.25. The third-order valence-electron chi connectivity index (χ3n) is 4.75. The monoisotopic (exact) mass is 465 g/mol. The standard InChI is InChI=1S/C24H24ClN5OS/c1-5-12-30-22(16-6-9-18(10-7-16)24(2,3)4)28-29-23(30)32-15-21(31)27-20-13-19(25)11-8-17(20)14-26/h5-11,13H,1,12,15H2,2-4H3,(H,27,31). The Balaban J connectivity index is 1.76. The van der Waals surface area contributed by atoms with E-state index in [0.29, 0.717) is 28.0 Å². The van der Waals surface area contributed by atoms with Crippen LogP contribution in [0.2, 0.25) is 5.02 Å². The number of benzene rings is 2. The van der Waals surface area contributed by atoms with Crippen molar-refractivity contribution in [1.29, 1.82) is 5.26 Å². The van der Waals surface area contributed by atoms with Gasteiger partial charge in [0, 0.05) is 17.1 Å². The molecule has 0 aliphatic rings.